The Balaban J connectivity index is 1.37. The quantitative estimate of drug-likeness (QED) is 0.584. The molecule has 8 heteroatoms. The number of nitrogens with one attached hydrogen (secondary N) is 2. The lowest BCUT2D eigenvalue weighted by molar-refractivity contribution is -0.136. The number of aryl methyl sites for hydroxylation is 1. The average molecular weight is 395 g/mol. The smallest absolute Gasteiger partial charge is 0.313 e. The molecule has 0 spiro atoms. The van der Waals surface area contributed by atoms with Crippen LogP contribution in [-0.2, 0) is 16.6 Å². The van der Waals surface area contributed by atoms with Crippen LogP contribution >= 0.6 is 0 Å². The zero-order chi connectivity index (χ0) is 20.4. The number of aliphatic hydroxyl groups excluding tert-OH is 1. The molecule has 4 rings (SSSR count). The van der Waals surface area contributed by atoms with E-state index in [0.717, 1.165) is 10.9 Å². The number of amides is 2. The Morgan fingerprint density at radius 1 is 1.10 bits per heavy atom. The largest absolute Gasteiger partial charge is 0.486 e. The highest BCUT2D eigenvalue weighted by Crippen LogP contribution is 2.32. The van der Waals surface area contributed by atoms with Crippen LogP contribution in [0.4, 0.5) is 5.69 Å². The molecule has 0 bridgehead atoms. The van der Waals surface area contributed by atoms with Crippen LogP contribution in [0, 0.1) is 0 Å². The molecule has 1 atom stereocenters. The highest BCUT2D eigenvalue weighted by molar-refractivity contribution is 6.39. The van der Waals surface area contributed by atoms with Gasteiger partial charge in [-0.25, -0.2) is 0 Å². The van der Waals surface area contributed by atoms with Crippen molar-refractivity contribution >= 4 is 28.4 Å². The Labute approximate surface area is 167 Å². The van der Waals surface area contributed by atoms with Crippen molar-refractivity contribution in [2.45, 2.75) is 6.10 Å². The number of rotatable bonds is 4. The van der Waals surface area contributed by atoms with Gasteiger partial charge < -0.3 is 29.8 Å². The lowest BCUT2D eigenvalue weighted by Crippen LogP contribution is -2.37. The average Bonchev–Trinajstić information content (AvgIpc) is 3.08. The van der Waals surface area contributed by atoms with Crippen molar-refractivity contribution in [1.82, 2.24) is 9.88 Å². The molecule has 3 N–H and O–H groups in total. The minimum absolute atomic E-state index is 0.0819. The van der Waals surface area contributed by atoms with E-state index in [-0.39, 0.29) is 6.54 Å². The first-order valence-corrected chi connectivity index (χ1v) is 9.24. The molecule has 150 valence electrons. The van der Waals surface area contributed by atoms with Gasteiger partial charge in [0, 0.05) is 48.0 Å². The summed E-state index contributed by atoms with van der Waals surface area (Å²) in [5, 5.41) is 16.4. The summed E-state index contributed by atoms with van der Waals surface area (Å²) in [6.45, 7) is 0.818. The summed E-state index contributed by atoms with van der Waals surface area (Å²) >= 11 is 0. The van der Waals surface area contributed by atoms with E-state index in [0.29, 0.717) is 36.0 Å². The topological polar surface area (TPSA) is 102 Å². The number of benzene rings is 2. The van der Waals surface area contributed by atoms with Crippen molar-refractivity contribution in [3.63, 3.8) is 0 Å². The van der Waals surface area contributed by atoms with Gasteiger partial charge in [0.2, 0.25) is 0 Å². The van der Waals surface area contributed by atoms with E-state index in [9.17, 15) is 14.7 Å². The molecular formula is C21H21N3O5. The fraction of sp³-hybridized carbons (Fsp3) is 0.238. The van der Waals surface area contributed by atoms with Crippen LogP contribution in [0.5, 0.6) is 11.5 Å². The van der Waals surface area contributed by atoms with Gasteiger partial charge >= 0.3 is 11.8 Å². The summed E-state index contributed by atoms with van der Waals surface area (Å²) in [6, 6.07) is 12.6. The maximum absolute atomic E-state index is 12.2. The molecule has 29 heavy (non-hydrogen) atoms. The van der Waals surface area contributed by atoms with Crippen LogP contribution in [0.25, 0.3) is 10.9 Å². The van der Waals surface area contributed by atoms with E-state index in [4.69, 9.17) is 9.47 Å². The second-order valence-electron chi connectivity index (χ2n) is 6.75. The molecule has 2 aromatic carbocycles. The van der Waals surface area contributed by atoms with Crippen LogP contribution in [0.2, 0.25) is 0 Å². The number of fused-ring (bicyclic) bond motifs is 2. The molecule has 2 amide bonds. The number of aliphatic hydroxyl groups is 1. The number of hydrogen-bond donors (Lipinski definition) is 3. The minimum Gasteiger partial charge on any atom is -0.486 e. The third kappa shape index (κ3) is 3.88. The first-order chi connectivity index (χ1) is 14.0. The normalized spacial score (nSPS) is 13.7. The molecule has 0 saturated heterocycles. The van der Waals surface area contributed by atoms with Gasteiger partial charge in [-0.1, -0.05) is 18.2 Å². The SMILES string of the molecule is Cn1cc([C@@H](O)CNC(=O)C(=O)Nc2ccc3c(c2)OCCO3)c2ccccc21. The predicted octanol–water partition coefficient (Wildman–Crippen LogP) is 1.74. The summed E-state index contributed by atoms with van der Waals surface area (Å²) in [6.07, 6.45) is 0.878. The van der Waals surface area contributed by atoms with E-state index >= 15 is 0 Å². The van der Waals surface area contributed by atoms with Crippen LogP contribution < -0.4 is 20.1 Å². The Morgan fingerprint density at radius 3 is 2.69 bits per heavy atom. The molecule has 0 saturated carbocycles. The van der Waals surface area contributed by atoms with Gasteiger partial charge in [-0.3, -0.25) is 9.59 Å². The Kier molecular flexibility index (Phi) is 5.09. The summed E-state index contributed by atoms with van der Waals surface area (Å²) in [5.41, 5.74) is 2.09. The molecule has 0 aliphatic carbocycles. The lowest BCUT2D eigenvalue weighted by atomic mass is 10.1. The molecule has 1 aliphatic heterocycles. The molecule has 1 aliphatic rings. The van der Waals surface area contributed by atoms with Gasteiger partial charge in [-0.05, 0) is 18.2 Å². The van der Waals surface area contributed by atoms with Gasteiger partial charge in [0.05, 0.1) is 6.10 Å². The van der Waals surface area contributed by atoms with Crippen molar-refractivity contribution < 1.29 is 24.2 Å². The van der Waals surface area contributed by atoms with E-state index in [1.54, 1.807) is 18.2 Å². The number of carbonyl (C=O) groups excluding carboxylic acids is 2. The number of nitrogens with zero attached hydrogens (tertiary/aromatic N) is 1. The molecule has 1 aromatic heterocycles. The Hall–Kier alpha value is -3.52. The second-order valence-corrected chi connectivity index (χ2v) is 6.75. The van der Waals surface area contributed by atoms with Crippen LogP contribution in [0.15, 0.2) is 48.7 Å². The van der Waals surface area contributed by atoms with Crippen LogP contribution in [0.1, 0.15) is 11.7 Å². The molecule has 0 fully saturated rings. The first kappa shape index (κ1) is 18.8. The van der Waals surface area contributed by atoms with Crippen LogP contribution in [-0.4, -0.2) is 41.2 Å². The predicted molar refractivity (Wildman–Crippen MR) is 107 cm³/mol. The van der Waals surface area contributed by atoms with Crippen molar-refractivity contribution in [3.8, 4) is 11.5 Å². The third-order valence-corrected chi connectivity index (χ3v) is 4.75. The van der Waals surface area contributed by atoms with Crippen molar-refractivity contribution in [1.29, 1.82) is 0 Å². The van der Waals surface area contributed by atoms with Crippen molar-refractivity contribution in [3.05, 3.63) is 54.2 Å². The molecule has 3 aromatic rings. The Bertz CT molecular complexity index is 1080. The zero-order valence-electron chi connectivity index (χ0n) is 15.8. The number of anilines is 1. The third-order valence-electron chi connectivity index (χ3n) is 4.75. The minimum atomic E-state index is -0.938. The Morgan fingerprint density at radius 2 is 1.86 bits per heavy atom. The maximum atomic E-state index is 12.2. The number of hydrogen-bond acceptors (Lipinski definition) is 5. The first-order valence-electron chi connectivity index (χ1n) is 9.24. The zero-order valence-corrected chi connectivity index (χ0v) is 15.8. The highest BCUT2D eigenvalue weighted by atomic mass is 16.6. The molecular weight excluding hydrogens is 374 g/mol. The summed E-state index contributed by atoms with van der Waals surface area (Å²) in [7, 11) is 1.89. The van der Waals surface area contributed by atoms with Gasteiger partial charge in [0.25, 0.3) is 0 Å². The molecule has 0 unspecified atom stereocenters. The summed E-state index contributed by atoms with van der Waals surface area (Å²) < 4.78 is 12.8. The van der Waals surface area contributed by atoms with Gasteiger partial charge in [0.1, 0.15) is 13.2 Å². The van der Waals surface area contributed by atoms with E-state index in [1.165, 1.54) is 0 Å². The number of ether oxygens (including phenoxy) is 2. The van der Waals surface area contributed by atoms with Crippen molar-refractivity contribution in [2.75, 3.05) is 25.1 Å². The fourth-order valence-corrected chi connectivity index (χ4v) is 3.33. The summed E-state index contributed by atoms with van der Waals surface area (Å²) in [5.74, 6) is -0.552. The maximum Gasteiger partial charge on any atom is 0.313 e. The molecule has 2 heterocycles. The monoisotopic (exact) mass is 395 g/mol. The van der Waals surface area contributed by atoms with E-state index in [1.807, 2.05) is 42.1 Å². The lowest BCUT2D eigenvalue weighted by Gasteiger charge is -2.19. The van der Waals surface area contributed by atoms with E-state index in [2.05, 4.69) is 10.6 Å². The molecule has 0 radical (unpaired) electrons. The number of para-hydroxylation sites is 1. The second kappa shape index (κ2) is 7.84. The fourth-order valence-electron chi connectivity index (χ4n) is 3.33. The molecule has 8 nitrogen and oxygen atoms in total. The van der Waals surface area contributed by atoms with Crippen LogP contribution in [0.3, 0.4) is 0 Å². The number of carbonyl (C=O) groups is 2. The van der Waals surface area contributed by atoms with Crippen molar-refractivity contribution in [2.24, 2.45) is 7.05 Å². The highest BCUT2D eigenvalue weighted by Gasteiger charge is 2.19. The van der Waals surface area contributed by atoms with Gasteiger partial charge in [-0.2, -0.15) is 0 Å². The van der Waals surface area contributed by atoms with Gasteiger partial charge in [-0.15, -0.1) is 0 Å². The summed E-state index contributed by atoms with van der Waals surface area (Å²) in [4.78, 5) is 24.3. The van der Waals surface area contributed by atoms with Gasteiger partial charge in [0.15, 0.2) is 11.5 Å². The standard InChI is InChI=1S/C21H21N3O5/c1-24-12-15(14-4-2-3-5-16(14)24)17(25)11-22-20(26)21(27)23-13-6-7-18-19(10-13)29-9-8-28-18/h2-7,10,12,17,25H,8-9,11H2,1H3,(H,22,26)(H,23,27)/t17-/m0/s1. The van der Waals surface area contributed by atoms with E-state index < -0.39 is 17.9 Å². The number of aromatic nitrogens is 1.